The maximum absolute atomic E-state index is 12.1. The van der Waals surface area contributed by atoms with Gasteiger partial charge in [-0.3, -0.25) is 4.40 Å². The van der Waals surface area contributed by atoms with Gasteiger partial charge in [0.25, 0.3) is 0 Å². The molecule has 0 radical (unpaired) electrons. The second kappa shape index (κ2) is 5.22. The summed E-state index contributed by atoms with van der Waals surface area (Å²) < 4.78 is 16.4. The molecule has 0 amide bonds. The number of nitrogens with zero attached hydrogens (tertiary/aromatic N) is 5. The molecule has 1 aliphatic carbocycles. The number of rotatable bonds is 4. The van der Waals surface area contributed by atoms with Gasteiger partial charge >= 0.3 is 0 Å². The highest BCUT2D eigenvalue weighted by molar-refractivity contribution is 8.68. The molecule has 1 N–H and O–H groups in total. The summed E-state index contributed by atoms with van der Waals surface area (Å²) in [6.45, 7) is 2.54. The van der Waals surface area contributed by atoms with Crippen LogP contribution in [0.15, 0.2) is 24.7 Å². The third-order valence-electron chi connectivity index (χ3n) is 4.25. The molecule has 0 aromatic carbocycles. The third-order valence-corrected chi connectivity index (χ3v) is 7.81. The first kappa shape index (κ1) is 13.8. The molecule has 1 unspecified atom stereocenters. The molecule has 7 nitrogen and oxygen atoms in total. The second-order valence-corrected chi connectivity index (χ2v) is 9.22. The maximum atomic E-state index is 12.1. The molecule has 1 aliphatic heterocycles. The summed E-state index contributed by atoms with van der Waals surface area (Å²) >= 11 is 0. The maximum Gasteiger partial charge on any atom is 0.211 e. The van der Waals surface area contributed by atoms with Crippen molar-refractivity contribution < 1.29 is 4.21 Å². The largest absolute Gasteiger partial charge is 0.345 e. The predicted octanol–water partition coefficient (Wildman–Crippen LogP) is 1.76. The molecule has 3 aromatic rings. The van der Waals surface area contributed by atoms with E-state index in [1.165, 1.54) is 11.0 Å². The quantitative estimate of drug-likeness (QED) is 0.572. The van der Waals surface area contributed by atoms with Crippen molar-refractivity contribution in [1.82, 2.24) is 23.7 Å². The highest BCUT2D eigenvalue weighted by Crippen LogP contribution is 2.35. The Morgan fingerprint density at radius 3 is 3.00 bits per heavy atom. The highest BCUT2D eigenvalue weighted by Gasteiger charge is 2.33. The number of fused-ring (bicyclic) bond motifs is 3. The fourth-order valence-electron chi connectivity index (χ4n) is 2.90. The van der Waals surface area contributed by atoms with Crippen LogP contribution >= 0.6 is 11.0 Å². The van der Waals surface area contributed by atoms with Crippen molar-refractivity contribution in [2.45, 2.75) is 18.1 Å². The first-order chi connectivity index (χ1) is 11.3. The van der Waals surface area contributed by atoms with E-state index in [4.69, 9.17) is 0 Å². The summed E-state index contributed by atoms with van der Waals surface area (Å²) in [5.74, 6) is 0.923. The van der Waals surface area contributed by atoms with Crippen LogP contribution in [-0.4, -0.2) is 52.9 Å². The summed E-state index contributed by atoms with van der Waals surface area (Å²) in [5, 5.41) is 0.409. The lowest BCUT2D eigenvalue weighted by atomic mass is 10.5. The minimum absolute atomic E-state index is 0.409. The zero-order valence-electron chi connectivity index (χ0n) is 12.4. The molecule has 2 aliphatic rings. The molecule has 5 rings (SSSR count). The van der Waals surface area contributed by atoms with E-state index in [9.17, 15) is 4.21 Å². The average molecular weight is 348 g/mol. The molecule has 1 atom stereocenters. The van der Waals surface area contributed by atoms with Crippen molar-refractivity contribution in [3.8, 4) is 0 Å². The van der Waals surface area contributed by atoms with Crippen molar-refractivity contribution in [2.24, 2.45) is 0 Å². The van der Waals surface area contributed by atoms with Gasteiger partial charge in [-0.25, -0.2) is 18.5 Å². The van der Waals surface area contributed by atoms with Crippen LogP contribution < -0.4 is 4.90 Å². The third kappa shape index (κ3) is 2.34. The van der Waals surface area contributed by atoms with Crippen molar-refractivity contribution in [3.63, 3.8) is 0 Å². The van der Waals surface area contributed by atoms with Crippen molar-refractivity contribution in [3.05, 3.63) is 24.7 Å². The van der Waals surface area contributed by atoms with E-state index in [-0.39, 0.29) is 0 Å². The number of aromatic nitrogens is 4. The van der Waals surface area contributed by atoms with Gasteiger partial charge in [-0.05, 0) is 18.9 Å². The molecule has 0 bridgehead atoms. The lowest BCUT2D eigenvalue weighted by molar-refractivity contribution is 0.592. The number of aromatic amines is 1. The van der Waals surface area contributed by atoms with Crippen LogP contribution in [0.5, 0.6) is 0 Å². The van der Waals surface area contributed by atoms with E-state index in [0.717, 1.165) is 55.2 Å². The smallest absolute Gasteiger partial charge is 0.211 e. The summed E-state index contributed by atoms with van der Waals surface area (Å²) in [7, 11) is 0.716. The number of nitrogens with one attached hydrogen (secondary N) is 1. The predicted molar refractivity (Wildman–Crippen MR) is 92.5 cm³/mol. The van der Waals surface area contributed by atoms with Gasteiger partial charge in [-0.15, -0.1) is 0 Å². The lowest BCUT2D eigenvalue weighted by Gasteiger charge is -2.17. The van der Waals surface area contributed by atoms with E-state index in [0.29, 0.717) is 5.25 Å². The van der Waals surface area contributed by atoms with Gasteiger partial charge in [0.2, 0.25) is 5.95 Å². The number of anilines is 1. The Hall–Kier alpha value is -1.58. The molecule has 1 saturated carbocycles. The van der Waals surface area contributed by atoms with E-state index in [1.807, 2.05) is 24.7 Å². The van der Waals surface area contributed by atoms with E-state index in [1.54, 1.807) is 0 Å². The Morgan fingerprint density at radius 1 is 1.26 bits per heavy atom. The Kier molecular flexibility index (Phi) is 3.14. The molecule has 1 saturated heterocycles. The Bertz CT molecular complexity index is 901. The lowest BCUT2D eigenvalue weighted by Crippen LogP contribution is -2.24. The van der Waals surface area contributed by atoms with Gasteiger partial charge in [-0.2, -0.15) is 0 Å². The minimum atomic E-state index is -0.781. The van der Waals surface area contributed by atoms with Crippen molar-refractivity contribution in [1.29, 1.82) is 0 Å². The summed E-state index contributed by atoms with van der Waals surface area (Å²) in [4.78, 5) is 14.4. The molecule has 4 heterocycles. The molecular weight excluding hydrogens is 332 g/mol. The summed E-state index contributed by atoms with van der Waals surface area (Å²) in [6.07, 6.45) is 7.81. The van der Waals surface area contributed by atoms with Crippen LogP contribution in [0.1, 0.15) is 12.8 Å². The van der Waals surface area contributed by atoms with Gasteiger partial charge in [0, 0.05) is 35.5 Å². The standard InChI is InChI=1S/C14H16N6OS2/c21-23(11-1-2-11)22-19-6-5-18(9-19)14-17-8-10-7-16-13-12(20(10)14)3-4-15-13/h3-4,7-8,11,15H,1-2,5-6,9H2. The fraction of sp³-hybridized carbons (Fsp3) is 0.429. The molecular formula is C14H16N6OS2. The van der Waals surface area contributed by atoms with Gasteiger partial charge in [0.05, 0.1) is 39.9 Å². The fourth-order valence-corrected chi connectivity index (χ4v) is 6.02. The normalized spacial score (nSPS) is 20.8. The summed E-state index contributed by atoms with van der Waals surface area (Å²) in [5.41, 5.74) is 2.87. The van der Waals surface area contributed by atoms with E-state index in [2.05, 4.69) is 28.6 Å². The molecule has 23 heavy (non-hydrogen) atoms. The topological polar surface area (TPSA) is 69.5 Å². The van der Waals surface area contributed by atoms with Crippen molar-refractivity contribution >= 4 is 43.4 Å². The van der Waals surface area contributed by atoms with E-state index < -0.39 is 9.83 Å². The SMILES string of the molecule is O=S(SN1CCN(c2ncc3cnc4[nH]ccc4n23)C1)C1CC1. The molecule has 0 spiro atoms. The Labute approximate surface area is 139 Å². The van der Waals surface area contributed by atoms with Crippen LogP contribution in [0.3, 0.4) is 0 Å². The number of H-pyrrole nitrogens is 1. The molecule has 3 aromatic heterocycles. The van der Waals surface area contributed by atoms with Crippen molar-refractivity contribution in [2.75, 3.05) is 24.7 Å². The molecule has 120 valence electrons. The summed E-state index contributed by atoms with van der Waals surface area (Å²) in [6, 6.07) is 2.02. The number of hydrogen-bond acceptors (Lipinski definition) is 6. The molecule has 9 heteroatoms. The first-order valence-corrected chi connectivity index (χ1v) is 10.2. The van der Waals surface area contributed by atoms with Gasteiger partial charge in [0.1, 0.15) is 0 Å². The van der Waals surface area contributed by atoms with Gasteiger partial charge in [0.15, 0.2) is 5.65 Å². The highest BCUT2D eigenvalue weighted by atomic mass is 33.1. The Morgan fingerprint density at radius 2 is 2.13 bits per heavy atom. The first-order valence-electron chi connectivity index (χ1n) is 7.68. The van der Waals surface area contributed by atoms with Crippen LogP contribution in [0, 0.1) is 0 Å². The molecule has 2 fully saturated rings. The van der Waals surface area contributed by atoms with Crippen LogP contribution in [0.4, 0.5) is 5.95 Å². The minimum Gasteiger partial charge on any atom is -0.345 e. The number of hydrogen-bond donors (Lipinski definition) is 1. The zero-order valence-corrected chi connectivity index (χ0v) is 14.0. The Balaban J connectivity index is 1.44. The second-order valence-electron chi connectivity index (χ2n) is 5.93. The average Bonchev–Trinajstić information content (AvgIpc) is 2.97. The van der Waals surface area contributed by atoms with Gasteiger partial charge in [-0.1, -0.05) is 0 Å². The van der Waals surface area contributed by atoms with Gasteiger partial charge < -0.3 is 9.88 Å². The van der Waals surface area contributed by atoms with Crippen LogP contribution in [0.2, 0.25) is 0 Å². The van der Waals surface area contributed by atoms with Crippen LogP contribution in [0.25, 0.3) is 16.7 Å². The van der Waals surface area contributed by atoms with Crippen LogP contribution in [-0.2, 0) is 9.83 Å². The zero-order chi connectivity index (χ0) is 15.4. The van der Waals surface area contributed by atoms with E-state index >= 15 is 0 Å². The number of imidazole rings is 1. The monoisotopic (exact) mass is 348 g/mol.